The molecule has 0 aromatic heterocycles. The van der Waals surface area contributed by atoms with E-state index in [1.54, 1.807) is 0 Å². The third-order valence-corrected chi connectivity index (χ3v) is 3.43. The van der Waals surface area contributed by atoms with E-state index in [0.29, 0.717) is 6.54 Å². The molecule has 98 valence electrons. The van der Waals surface area contributed by atoms with Crippen LogP contribution in [0, 0.1) is 0 Å². The molecule has 2 aromatic carbocycles. The average molecular weight is 322 g/mol. The van der Waals surface area contributed by atoms with Crippen molar-refractivity contribution in [3.8, 4) is 11.5 Å². The quantitative estimate of drug-likeness (QED) is 0.761. The van der Waals surface area contributed by atoms with Gasteiger partial charge in [0, 0.05) is 11.0 Å². The predicted octanol–water partition coefficient (Wildman–Crippen LogP) is 2.79. The number of phenols is 2. The molecule has 0 radical (unpaired) electrons. The van der Waals surface area contributed by atoms with Gasteiger partial charge < -0.3 is 15.5 Å². The van der Waals surface area contributed by atoms with E-state index in [0.717, 1.165) is 10.0 Å². The van der Waals surface area contributed by atoms with Crippen LogP contribution in [0.2, 0.25) is 0 Å². The number of nitrogens with one attached hydrogen (secondary N) is 1. The standard InChI is InChI=1S/C14H12BrNO3/c15-11-6-2-1-4-9(11)8-16-14(19)10-5-3-7-12(17)13(10)18/h1-7,17-18H,8H2,(H,16,19). The van der Waals surface area contributed by atoms with Crippen molar-refractivity contribution in [1.29, 1.82) is 0 Å². The van der Waals surface area contributed by atoms with Gasteiger partial charge in [-0.3, -0.25) is 4.79 Å². The molecule has 0 saturated heterocycles. The molecule has 2 rings (SSSR count). The topological polar surface area (TPSA) is 69.6 Å². The summed E-state index contributed by atoms with van der Waals surface area (Å²) in [5.74, 6) is -1.16. The van der Waals surface area contributed by atoms with Crippen LogP contribution in [0.5, 0.6) is 11.5 Å². The number of hydrogen-bond acceptors (Lipinski definition) is 3. The number of hydrogen-bond donors (Lipinski definition) is 3. The van der Waals surface area contributed by atoms with E-state index >= 15 is 0 Å². The minimum atomic E-state index is -0.441. The number of rotatable bonds is 3. The monoisotopic (exact) mass is 321 g/mol. The van der Waals surface area contributed by atoms with Gasteiger partial charge in [-0.25, -0.2) is 0 Å². The molecule has 4 nitrogen and oxygen atoms in total. The third-order valence-electron chi connectivity index (χ3n) is 2.66. The van der Waals surface area contributed by atoms with Crippen LogP contribution in [0.15, 0.2) is 46.9 Å². The fraction of sp³-hybridized carbons (Fsp3) is 0.0714. The van der Waals surface area contributed by atoms with Crippen molar-refractivity contribution in [3.05, 3.63) is 58.1 Å². The Hall–Kier alpha value is -2.01. The normalized spacial score (nSPS) is 10.2. The highest BCUT2D eigenvalue weighted by molar-refractivity contribution is 9.10. The maximum Gasteiger partial charge on any atom is 0.255 e. The van der Waals surface area contributed by atoms with Gasteiger partial charge in [0.2, 0.25) is 0 Å². The summed E-state index contributed by atoms with van der Waals surface area (Å²) in [4.78, 5) is 11.9. The molecule has 0 aliphatic heterocycles. The van der Waals surface area contributed by atoms with Crippen LogP contribution in [-0.2, 0) is 6.54 Å². The highest BCUT2D eigenvalue weighted by atomic mass is 79.9. The van der Waals surface area contributed by atoms with E-state index in [4.69, 9.17) is 0 Å². The molecule has 0 heterocycles. The van der Waals surface area contributed by atoms with Gasteiger partial charge in [-0.05, 0) is 23.8 Å². The van der Waals surface area contributed by atoms with E-state index in [-0.39, 0.29) is 11.3 Å². The molecule has 0 atom stereocenters. The number of benzene rings is 2. The molecule has 3 N–H and O–H groups in total. The Morgan fingerprint density at radius 3 is 2.58 bits per heavy atom. The van der Waals surface area contributed by atoms with Gasteiger partial charge in [-0.2, -0.15) is 0 Å². The Labute approximate surface area is 118 Å². The van der Waals surface area contributed by atoms with Crippen molar-refractivity contribution in [2.24, 2.45) is 0 Å². The second-order valence-corrected chi connectivity index (χ2v) is 4.80. The zero-order valence-electron chi connectivity index (χ0n) is 9.93. The molecule has 0 fully saturated rings. The molecule has 1 amide bonds. The molecular formula is C14H12BrNO3. The Kier molecular flexibility index (Phi) is 4.06. The number of aromatic hydroxyl groups is 2. The maximum atomic E-state index is 11.9. The molecule has 0 aliphatic rings. The van der Waals surface area contributed by atoms with Crippen molar-refractivity contribution in [3.63, 3.8) is 0 Å². The first kappa shape index (κ1) is 13.4. The number of carbonyl (C=O) groups is 1. The molecule has 19 heavy (non-hydrogen) atoms. The summed E-state index contributed by atoms with van der Waals surface area (Å²) in [6.07, 6.45) is 0. The number of phenolic OH excluding ortho intramolecular Hbond substituents is 2. The molecule has 2 aromatic rings. The summed E-state index contributed by atoms with van der Waals surface area (Å²) in [5.41, 5.74) is 0.975. The highest BCUT2D eigenvalue weighted by Crippen LogP contribution is 2.28. The lowest BCUT2D eigenvalue weighted by Gasteiger charge is -2.08. The smallest absolute Gasteiger partial charge is 0.255 e. The summed E-state index contributed by atoms with van der Waals surface area (Å²) in [6, 6.07) is 11.8. The third kappa shape index (κ3) is 3.06. The molecule has 0 saturated carbocycles. The zero-order valence-corrected chi connectivity index (χ0v) is 11.5. The summed E-state index contributed by atoms with van der Waals surface area (Å²) >= 11 is 3.39. The first-order valence-corrected chi connectivity index (χ1v) is 6.41. The van der Waals surface area contributed by atoms with Gasteiger partial charge in [0.1, 0.15) is 0 Å². The minimum Gasteiger partial charge on any atom is -0.504 e. The van der Waals surface area contributed by atoms with Crippen LogP contribution in [0.25, 0.3) is 0 Å². The van der Waals surface area contributed by atoms with Gasteiger partial charge in [0.25, 0.3) is 5.91 Å². The Morgan fingerprint density at radius 1 is 1.11 bits per heavy atom. The molecule has 0 unspecified atom stereocenters. The van der Waals surface area contributed by atoms with Crippen LogP contribution in [0.1, 0.15) is 15.9 Å². The van der Waals surface area contributed by atoms with E-state index in [1.165, 1.54) is 18.2 Å². The van der Waals surface area contributed by atoms with E-state index in [2.05, 4.69) is 21.2 Å². The molecule has 0 aliphatic carbocycles. The Morgan fingerprint density at radius 2 is 1.84 bits per heavy atom. The predicted molar refractivity (Wildman–Crippen MR) is 75.1 cm³/mol. The average Bonchev–Trinajstić information content (AvgIpc) is 2.40. The molecular weight excluding hydrogens is 310 g/mol. The second kappa shape index (κ2) is 5.75. The summed E-state index contributed by atoms with van der Waals surface area (Å²) in [6.45, 7) is 0.329. The maximum absolute atomic E-state index is 11.9. The van der Waals surface area contributed by atoms with Crippen molar-refractivity contribution in [2.75, 3.05) is 0 Å². The fourth-order valence-electron chi connectivity index (χ4n) is 1.63. The van der Waals surface area contributed by atoms with Crippen LogP contribution >= 0.6 is 15.9 Å². The lowest BCUT2D eigenvalue weighted by molar-refractivity contribution is 0.0947. The van der Waals surface area contributed by atoms with Gasteiger partial charge >= 0.3 is 0 Å². The first-order chi connectivity index (χ1) is 9.09. The molecule has 0 spiro atoms. The Bertz CT molecular complexity index is 613. The van der Waals surface area contributed by atoms with Crippen LogP contribution in [-0.4, -0.2) is 16.1 Å². The SMILES string of the molecule is O=C(NCc1ccccc1Br)c1cccc(O)c1O. The second-order valence-electron chi connectivity index (χ2n) is 3.95. The number of para-hydroxylation sites is 1. The van der Waals surface area contributed by atoms with E-state index < -0.39 is 11.7 Å². The zero-order chi connectivity index (χ0) is 13.8. The molecule has 0 bridgehead atoms. The highest BCUT2D eigenvalue weighted by Gasteiger charge is 2.13. The van der Waals surface area contributed by atoms with Crippen LogP contribution < -0.4 is 5.32 Å². The van der Waals surface area contributed by atoms with Gasteiger partial charge in [-0.1, -0.05) is 40.2 Å². The van der Waals surface area contributed by atoms with Crippen molar-refractivity contribution < 1.29 is 15.0 Å². The van der Waals surface area contributed by atoms with Gasteiger partial charge in [0.15, 0.2) is 11.5 Å². The first-order valence-electron chi connectivity index (χ1n) is 5.62. The van der Waals surface area contributed by atoms with E-state index in [9.17, 15) is 15.0 Å². The molecule has 5 heteroatoms. The lowest BCUT2D eigenvalue weighted by atomic mass is 10.1. The summed E-state index contributed by atoms with van der Waals surface area (Å²) < 4.78 is 0.899. The van der Waals surface area contributed by atoms with E-state index in [1.807, 2.05) is 24.3 Å². The van der Waals surface area contributed by atoms with Crippen molar-refractivity contribution in [1.82, 2.24) is 5.32 Å². The summed E-state index contributed by atoms with van der Waals surface area (Å²) in [5, 5.41) is 21.6. The van der Waals surface area contributed by atoms with Gasteiger partial charge in [0.05, 0.1) is 5.56 Å². The minimum absolute atomic E-state index is 0.0482. The number of halogens is 1. The largest absolute Gasteiger partial charge is 0.504 e. The van der Waals surface area contributed by atoms with Crippen LogP contribution in [0.3, 0.4) is 0 Å². The summed E-state index contributed by atoms with van der Waals surface area (Å²) in [7, 11) is 0. The Balaban J connectivity index is 2.10. The fourth-order valence-corrected chi connectivity index (χ4v) is 2.05. The lowest BCUT2D eigenvalue weighted by Crippen LogP contribution is -2.23. The number of carbonyl (C=O) groups excluding carboxylic acids is 1. The van der Waals surface area contributed by atoms with Crippen LogP contribution in [0.4, 0.5) is 0 Å². The van der Waals surface area contributed by atoms with Crippen molar-refractivity contribution in [2.45, 2.75) is 6.54 Å². The van der Waals surface area contributed by atoms with Crippen molar-refractivity contribution >= 4 is 21.8 Å². The number of amides is 1. The van der Waals surface area contributed by atoms with Gasteiger partial charge in [-0.15, -0.1) is 0 Å².